The van der Waals surface area contributed by atoms with Gasteiger partial charge in [-0.3, -0.25) is 0 Å². The lowest BCUT2D eigenvalue weighted by Gasteiger charge is -2.11. The van der Waals surface area contributed by atoms with Crippen molar-refractivity contribution >= 4 is 28.3 Å². The molecule has 3 aromatic heterocycles. The molecule has 0 saturated carbocycles. The van der Waals surface area contributed by atoms with Gasteiger partial charge in [0.2, 0.25) is 0 Å². The van der Waals surface area contributed by atoms with Crippen LogP contribution in [0, 0.1) is 6.92 Å². The van der Waals surface area contributed by atoms with Gasteiger partial charge >= 0.3 is 0 Å². The Hall–Kier alpha value is -2.06. The van der Waals surface area contributed by atoms with Crippen LogP contribution in [0.15, 0.2) is 11.7 Å². The van der Waals surface area contributed by atoms with Crippen molar-refractivity contribution in [3.05, 3.63) is 28.2 Å². The van der Waals surface area contributed by atoms with Crippen molar-refractivity contribution in [1.29, 1.82) is 0 Å². The second kappa shape index (κ2) is 5.14. The van der Waals surface area contributed by atoms with Crippen molar-refractivity contribution in [3.63, 3.8) is 0 Å². The quantitative estimate of drug-likeness (QED) is 0.673. The Kier molecular flexibility index (Phi) is 3.33. The molecule has 1 unspecified atom stereocenters. The molecule has 0 amide bonds. The first-order valence-electron chi connectivity index (χ1n) is 6.24. The van der Waals surface area contributed by atoms with Crippen LogP contribution >= 0.6 is 11.3 Å². The van der Waals surface area contributed by atoms with Crippen molar-refractivity contribution in [2.75, 3.05) is 5.73 Å². The summed E-state index contributed by atoms with van der Waals surface area (Å²) in [6.45, 7) is 4.66. The lowest BCUT2D eigenvalue weighted by molar-refractivity contribution is 0.547. The maximum absolute atomic E-state index is 5.89. The summed E-state index contributed by atoms with van der Waals surface area (Å²) >= 11 is 1.64. The highest BCUT2D eigenvalue weighted by atomic mass is 32.1. The summed E-state index contributed by atoms with van der Waals surface area (Å²) in [7, 11) is 0. The van der Waals surface area contributed by atoms with E-state index in [1.54, 1.807) is 17.7 Å². The monoisotopic (exact) mass is 289 g/mol. The van der Waals surface area contributed by atoms with E-state index >= 15 is 0 Å². The summed E-state index contributed by atoms with van der Waals surface area (Å²) in [4.78, 5) is 20.2. The number of aryl methyl sites for hydroxylation is 1. The molecule has 0 aliphatic rings. The van der Waals surface area contributed by atoms with Gasteiger partial charge in [-0.25, -0.2) is 19.9 Å². The van der Waals surface area contributed by atoms with Crippen molar-refractivity contribution in [2.24, 2.45) is 0 Å². The van der Waals surface area contributed by atoms with Crippen LogP contribution in [0.3, 0.4) is 0 Å². The third-order valence-corrected chi connectivity index (χ3v) is 3.91. The van der Waals surface area contributed by atoms with Crippen LogP contribution < -0.4 is 11.1 Å². The minimum absolute atomic E-state index is 0.0254. The average molecular weight is 289 g/mol. The number of thiazole rings is 1. The summed E-state index contributed by atoms with van der Waals surface area (Å²) in [5.41, 5.74) is 8.20. The standard InChI is InChI=1S/C12H15N7S/c1-6-4-20-8(17-6)3-14-7(2)11-18-10(13)9-12(19-11)16-5-15-9/h4-5,7,14H,3H2,1-2H3,(H3,13,15,16,18,19). The van der Waals surface area contributed by atoms with E-state index in [2.05, 4.69) is 30.2 Å². The number of aromatic nitrogens is 5. The molecule has 8 heteroatoms. The molecule has 0 aromatic carbocycles. The molecular weight excluding hydrogens is 274 g/mol. The van der Waals surface area contributed by atoms with E-state index in [0.717, 1.165) is 10.7 Å². The van der Waals surface area contributed by atoms with E-state index < -0.39 is 0 Å². The number of hydrogen-bond acceptors (Lipinski definition) is 7. The number of nitrogen functional groups attached to an aromatic ring is 1. The summed E-state index contributed by atoms with van der Waals surface area (Å²) in [6, 6.07) is -0.0254. The molecule has 3 aromatic rings. The third-order valence-electron chi connectivity index (χ3n) is 2.94. The Morgan fingerprint density at radius 1 is 1.40 bits per heavy atom. The van der Waals surface area contributed by atoms with Crippen LogP contribution in [0.2, 0.25) is 0 Å². The Morgan fingerprint density at radius 3 is 3.00 bits per heavy atom. The van der Waals surface area contributed by atoms with Gasteiger partial charge in [0.1, 0.15) is 16.3 Å². The molecule has 3 heterocycles. The summed E-state index contributed by atoms with van der Waals surface area (Å²) in [5.74, 6) is 1.05. The number of fused-ring (bicyclic) bond motifs is 1. The minimum atomic E-state index is -0.0254. The number of nitrogens with one attached hydrogen (secondary N) is 2. The number of H-pyrrole nitrogens is 1. The van der Waals surface area contributed by atoms with Crippen molar-refractivity contribution in [2.45, 2.75) is 26.4 Å². The molecule has 0 bridgehead atoms. The molecule has 7 nitrogen and oxygen atoms in total. The van der Waals surface area contributed by atoms with Crippen molar-refractivity contribution in [3.8, 4) is 0 Å². The van der Waals surface area contributed by atoms with Gasteiger partial charge in [-0.2, -0.15) is 0 Å². The minimum Gasteiger partial charge on any atom is -0.382 e. The first kappa shape index (κ1) is 12.9. The van der Waals surface area contributed by atoms with Crippen LogP contribution in [0.5, 0.6) is 0 Å². The lowest BCUT2D eigenvalue weighted by atomic mass is 10.3. The summed E-state index contributed by atoms with van der Waals surface area (Å²) < 4.78 is 0. The molecule has 1 atom stereocenters. The Labute approximate surface area is 119 Å². The maximum Gasteiger partial charge on any atom is 0.183 e. The van der Waals surface area contributed by atoms with Crippen LogP contribution in [-0.4, -0.2) is 24.9 Å². The van der Waals surface area contributed by atoms with E-state index in [0.29, 0.717) is 29.4 Å². The molecule has 20 heavy (non-hydrogen) atoms. The van der Waals surface area contributed by atoms with Gasteiger partial charge in [-0.15, -0.1) is 11.3 Å². The number of rotatable bonds is 4. The number of hydrogen-bond donors (Lipinski definition) is 3. The van der Waals surface area contributed by atoms with Crippen LogP contribution in [-0.2, 0) is 6.54 Å². The fourth-order valence-corrected chi connectivity index (χ4v) is 2.61. The molecule has 4 N–H and O–H groups in total. The molecule has 0 saturated heterocycles. The second-order valence-corrected chi connectivity index (χ2v) is 5.50. The first-order chi connectivity index (χ1) is 9.63. The zero-order valence-electron chi connectivity index (χ0n) is 11.2. The fraction of sp³-hybridized carbons (Fsp3) is 0.333. The zero-order valence-corrected chi connectivity index (χ0v) is 12.0. The second-order valence-electron chi connectivity index (χ2n) is 4.55. The van der Waals surface area contributed by atoms with E-state index in [-0.39, 0.29) is 6.04 Å². The van der Waals surface area contributed by atoms with Gasteiger partial charge in [-0.05, 0) is 13.8 Å². The number of anilines is 1. The largest absolute Gasteiger partial charge is 0.382 e. The fourth-order valence-electron chi connectivity index (χ4n) is 1.88. The van der Waals surface area contributed by atoms with Gasteiger partial charge in [0.25, 0.3) is 0 Å². The zero-order chi connectivity index (χ0) is 14.1. The highest BCUT2D eigenvalue weighted by Crippen LogP contribution is 2.17. The number of nitrogens with zero attached hydrogens (tertiary/aromatic N) is 4. The van der Waals surface area contributed by atoms with Gasteiger partial charge in [-0.1, -0.05) is 0 Å². The van der Waals surface area contributed by atoms with Crippen LogP contribution in [0.4, 0.5) is 5.82 Å². The van der Waals surface area contributed by atoms with Gasteiger partial charge in [0.05, 0.1) is 12.4 Å². The molecule has 3 rings (SSSR count). The van der Waals surface area contributed by atoms with Crippen molar-refractivity contribution in [1.82, 2.24) is 30.2 Å². The lowest BCUT2D eigenvalue weighted by Crippen LogP contribution is -2.20. The van der Waals surface area contributed by atoms with Gasteiger partial charge < -0.3 is 16.0 Å². The average Bonchev–Trinajstić information content (AvgIpc) is 3.04. The molecule has 0 aliphatic heterocycles. The number of nitrogens with two attached hydrogens (primary N) is 1. The third kappa shape index (κ3) is 2.47. The van der Waals surface area contributed by atoms with Gasteiger partial charge in [0, 0.05) is 17.6 Å². The summed E-state index contributed by atoms with van der Waals surface area (Å²) in [5, 5.41) is 6.42. The molecule has 0 radical (unpaired) electrons. The Balaban J connectivity index is 1.76. The smallest absolute Gasteiger partial charge is 0.183 e. The van der Waals surface area contributed by atoms with E-state index in [1.807, 2.05) is 19.2 Å². The molecule has 0 fully saturated rings. The summed E-state index contributed by atoms with van der Waals surface area (Å²) in [6.07, 6.45) is 1.57. The Bertz CT molecular complexity index is 732. The SMILES string of the molecule is Cc1csc(CNC(C)c2nc(N)c3[nH]cnc3n2)n1. The van der Waals surface area contributed by atoms with E-state index in [4.69, 9.17) is 5.73 Å². The maximum atomic E-state index is 5.89. The highest BCUT2D eigenvalue weighted by molar-refractivity contribution is 7.09. The first-order valence-corrected chi connectivity index (χ1v) is 7.12. The van der Waals surface area contributed by atoms with Crippen LogP contribution in [0.25, 0.3) is 11.2 Å². The number of imidazole rings is 1. The topological polar surface area (TPSA) is 105 Å². The van der Waals surface area contributed by atoms with Crippen molar-refractivity contribution < 1.29 is 0 Å². The van der Waals surface area contributed by atoms with E-state index in [1.165, 1.54) is 0 Å². The molecule has 0 aliphatic carbocycles. The predicted molar refractivity (Wildman–Crippen MR) is 78.2 cm³/mol. The van der Waals surface area contributed by atoms with Gasteiger partial charge in [0.15, 0.2) is 11.5 Å². The Morgan fingerprint density at radius 2 is 2.25 bits per heavy atom. The molecular formula is C12H15N7S. The normalized spacial score (nSPS) is 12.9. The molecule has 104 valence electrons. The molecule has 0 spiro atoms. The predicted octanol–water partition coefficient (Wildman–Crippen LogP) is 1.55. The van der Waals surface area contributed by atoms with E-state index in [9.17, 15) is 0 Å². The highest BCUT2D eigenvalue weighted by Gasteiger charge is 2.13. The number of aromatic amines is 1. The van der Waals surface area contributed by atoms with Crippen LogP contribution in [0.1, 0.15) is 29.5 Å².